The van der Waals surface area contributed by atoms with Gasteiger partial charge in [-0.15, -0.1) is 0 Å². The Morgan fingerprint density at radius 2 is 2.31 bits per heavy atom. The third-order valence-corrected chi connectivity index (χ3v) is 2.25. The minimum absolute atomic E-state index is 0.0911. The van der Waals surface area contributed by atoms with E-state index in [4.69, 9.17) is 13.0 Å². The SMILES string of the molecule is [2H]C([2H])([2H])C(=CCOc1ccccc1I)C([2H])([2H])[2H]. The van der Waals surface area contributed by atoms with Gasteiger partial charge in [0.05, 0.1) is 3.57 Å². The molecule has 0 N–H and O–H groups in total. The molecule has 0 saturated heterocycles. The lowest BCUT2D eigenvalue weighted by Gasteiger charge is -2.04. The first-order valence-corrected chi connectivity index (χ1v) is 4.78. The summed E-state index contributed by atoms with van der Waals surface area (Å²) >= 11 is 2.08. The summed E-state index contributed by atoms with van der Waals surface area (Å²) in [6, 6.07) is 7.21. The van der Waals surface area contributed by atoms with Crippen LogP contribution in [-0.4, -0.2) is 6.61 Å². The largest absolute Gasteiger partial charge is 0.488 e. The summed E-state index contributed by atoms with van der Waals surface area (Å²) in [6.07, 6.45) is 1.11. The minimum Gasteiger partial charge on any atom is -0.488 e. The van der Waals surface area contributed by atoms with Crippen molar-refractivity contribution < 1.29 is 13.0 Å². The number of hydrogen-bond acceptors (Lipinski definition) is 1. The standard InChI is InChI=1S/C11H13IO/c1-9(2)7-8-13-11-6-4-3-5-10(11)12/h3-7H,8H2,1-2H3/i1D3,2D3. The second kappa shape index (κ2) is 5.27. The molecule has 0 bridgehead atoms. The van der Waals surface area contributed by atoms with E-state index in [0.29, 0.717) is 5.75 Å². The second-order valence-corrected chi connectivity index (χ2v) is 3.52. The molecule has 0 aliphatic carbocycles. The Bertz CT molecular complexity index is 447. The summed E-state index contributed by atoms with van der Waals surface area (Å²) in [6.45, 7) is -5.37. The summed E-state index contributed by atoms with van der Waals surface area (Å²) in [4.78, 5) is 0. The van der Waals surface area contributed by atoms with Crippen molar-refractivity contribution in [3.05, 3.63) is 39.5 Å². The zero-order valence-electron chi connectivity index (χ0n) is 12.9. The average Bonchev–Trinajstić information content (AvgIpc) is 2.23. The zero-order chi connectivity index (χ0) is 14.7. The molecule has 0 unspecified atom stereocenters. The molecule has 0 atom stereocenters. The van der Waals surface area contributed by atoms with E-state index in [1.54, 1.807) is 12.1 Å². The van der Waals surface area contributed by atoms with Gasteiger partial charge in [0.15, 0.2) is 0 Å². The summed E-state index contributed by atoms with van der Waals surface area (Å²) in [7, 11) is 0. The van der Waals surface area contributed by atoms with Crippen molar-refractivity contribution in [3.8, 4) is 5.75 Å². The predicted molar refractivity (Wildman–Crippen MR) is 64.1 cm³/mol. The van der Waals surface area contributed by atoms with Crippen LogP contribution in [0.15, 0.2) is 35.9 Å². The molecule has 0 spiro atoms. The Balaban J connectivity index is 2.82. The highest BCUT2D eigenvalue weighted by molar-refractivity contribution is 14.1. The van der Waals surface area contributed by atoms with E-state index >= 15 is 0 Å². The van der Waals surface area contributed by atoms with E-state index in [2.05, 4.69) is 22.6 Å². The topological polar surface area (TPSA) is 9.23 Å². The summed E-state index contributed by atoms with van der Waals surface area (Å²) in [5, 5.41) is 0. The highest BCUT2D eigenvalue weighted by Crippen LogP contribution is 2.19. The van der Waals surface area contributed by atoms with E-state index in [9.17, 15) is 0 Å². The molecular formula is C11H13IO. The molecule has 0 aromatic heterocycles. The fraction of sp³-hybridized carbons (Fsp3) is 0.273. The number of para-hydroxylation sites is 1. The maximum atomic E-state index is 7.22. The molecule has 70 valence electrons. The number of benzene rings is 1. The van der Waals surface area contributed by atoms with Crippen molar-refractivity contribution >= 4 is 22.6 Å². The van der Waals surface area contributed by atoms with Gasteiger partial charge in [-0.05, 0) is 54.5 Å². The van der Waals surface area contributed by atoms with Crippen molar-refractivity contribution in [2.45, 2.75) is 13.7 Å². The Labute approximate surface area is 101 Å². The third kappa shape index (κ3) is 3.81. The summed E-state index contributed by atoms with van der Waals surface area (Å²) in [5.74, 6) is 0.592. The lowest BCUT2D eigenvalue weighted by molar-refractivity contribution is 0.359. The fourth-order valence-corrected chi connectivity index (χ4v) is 1.32. The van der Waals surface area contributed by atoms with Gasteiger partial charge >= 0.3 is 0 Å². The van der Waals surface area contributed by atoms with Gasteiger partial charge < -0.3 is 4.74 Å². The van der Waals surface area contributed by atoms with Gasteiger partial charge in [-0.1, -0.05) is 17.7 Å². The van der Waals surface area contributed by atoms with E-state index in [-0.39, 0.29) is 6.61 Å². The van der Waals surface area contributed by atoms with Crippen molar-refractivity contribution in [3.63, 3.8) is 0 Å². The molecule has 0 radical (unpaired) electrons. The fourth-order valence-electron chi connectivity index (χ4n) is 0.777. The first-order chi connectivity index (χ1) is 8.62. The molecule has 1 rings (SSSR count). The minimum atomic E-state index is -2.64. The highest BCUT2D eigenvalue weighted by Gasteiger charge is 1.96. The predicted octanol–water partition coefficient (Wildman–Crippen LogP) is 3.64. The molecular weight excluding hydrogens is 275 g/mol. The van der Waals surface area contributed by atoms with Crippen LogP contribution in [0.4, 0.5) is 0 Å². The molecule has 13 heavy (non-hydrogen) atoms. The number of allylic oxidation sites excluding steroid dienone is 1. The van der Waals surface area contributed by atoms with Gasteiger partial charge in [0.1, 0.15) is 12.4 Å². The number of halogens is 1. The van der Waals surface area contributed by atoms with Gasteiger partial charge in [0.25, 0.3) is 0 Å². The van der Waals surface area contributed by atoms with Crippen molar-refractivity contribution in [1.29, 1.82) is 0 Å². The van der Waals surface area contributed by atoms with Gasteiger partial charge in [-0.3, -0.25) is 0 Å². The van der Waals surface area contributed by atoms with Crippen LogP contribution in [0.2, 0.25) is 0 Å². The highest BCUT2D eigenvalue weighted by atomic mass is 127. The van der Waals surface area contributed by atoms with Crippen molar-refractivity contribution in [1.82, 2.24) is 0 Å². The molecule has 0 fully saturated rings. The van der Waals surface area contributed by atoms with Crippen LogP contribution < -0.4 is 4.74 Å². The van der Waals surface area contributed by atoms with Crippen molar-refractivity contribution in [2.24, 2.45) is 0 Å². The molecule has 1 nitrogen and oxygen atoms in total. The molecule has 1 aromatic carbocycles. The molecule has 2 heteroatoms. The number of rotatable bonds is 3. The first kappa shape index (κ1) is 4.82. The van der Waals surface area contributed by atoms with Gasteiger partial charge in [-0.25, -0.2) is 0 Å². The molecule has 0 aliphatic heterocycles. The molecule has 1 aromatic rings. The Hall–Kier alpha value is -0.510. The van der Waals surface area contributed by atoms with E-state index in [1.807, 2.05) is 12.1 Å². The lowest BCUT2D eigenvalue weighted by atomic mass is 10.3. The van der Waals surface area contributed by atoms with E-state index in [1.165, 1.54) is 0 Å². The Morgan fingerprint density at radius 1 is 1.54 bits per heavy atom. The second-order valence-electron chi connectivity index (χ2n) is 2.36. The van der Waals surface area contributed by atoms with Crippen LogP contribution in [0.3, 0.4) is 0 Å². The maximum absolute atomic E-state index is 7.22. The van der Waals surface area contributed by atoms with Crippen LogP contribution in [0.1, 0.15) is 21.9 Å². The van der Waals surface area contributed by atoms with Gasteiger partial charge in [-0.2, -0.15) is 0 Å². The summed E-state index contributed by atoms with van der Waals surface area (Å²) in [5.41, 5.74) is -0.564. The molecule has 0 amide bonds. The van der Waals surface area contributed by atoms with Crippen LogP contribution in [0, 0.1) is 3.57 Å². The van der Waals surface area contributed by atoms with E-state index < -0.39 is 19.3 Å². The zero-order valence-corrected chi connectivity index (χ0v) is 9.04. The third-order valence-electron chi connectivity index (χ3n) is 1.36. The molecule has 0 heterocycles. The Morgan fingerprint density at radius 3 is 3.00 bits per heavy atom. The van der Waals surface area contributed by atoms with Gasteiger partial charge in [0.2, 0.25) is 0 Å². The van der Waals surface area contributed by atoms with Gasteiger partial charge in [0, 0.05) is 8.22 Å². The van der Waals surface area contributed by atoms with Crippen molar-refractivity contribution in [2.75, 3.05) is 6.61 Å². The normalized spacial score (nSPS) is 18.2. The number of ether oxygens (including phenoxy) is 1. The molecule has 0 saturated carbocycles. The average molecular weight is 294 g/mol. The number of hydrogen-bond donors (Lipinski definition) is 0. The molecule has 0 aliphatic rings. The van der Waals surface area contributed by atoms with Crippen LogP contribution in [0.25, 0.3) is 0 Å². The van der Waals surface area contributed by atoms with E-state index in [0.717, 1.165) is 9.65 Å². The monoisotopic (exact) mass is 294 g/mol. The maximum Gasteiger partial charge on any atom is 0.133 e. The summed E-state index contributed by atoms with van der Waals surface area (Å²) < 4.78 is 49.6. The lowest BCUT2D eigenvalue weighted by Crippen LogP contribution is -1.95. The van der Waals surface area contributed by atoms with Crippen LogP contribution in [-0.2, 0) is 0 Å². The first-order valence-electron chi connectivity index (χ1n) is 6.71. The van der Waals surface area contributed by atoms with Crippen LogP contribution >= 0.6 is 22.6 Å². The quantitative estimate of drug-likeness (QED) is 0.611. The smallest absolute Gasteiger partial charge is 0.133 e. The van der Waals surface area contributed by atoms with Crippen LogP contribution in [0.5, 0.6) is 5.75 Å². The Kier molecular flexibility index (Phi) is 1.96.